The van der Waals surface area contributed by atoms with Gasteiger partial charge >= 0.3 is 0 Å². The molecule has 1 saturated heterocycles. The van der Waals surface area contributed by atoms with Crippen molar-refractivity contribution in [1.82, 2.24) is 13.5 Å². The number of halogens is 1. The molecule has 3 rings (SSSR count). The van der Waals surface area contributed by atoms with E-state index in [1.807, 2.05) is 6.08 Å². The second-order valence-corrected chi connectivity index (χ2v) is 10.2. The highest BCUT2D eigenvalue weighted by molar-refractivity contribution is 7.86. The number of hydrogen-bond donors (Lipinski definition) is 0. The van der Waals surface area contributed by atoms with E-state index in [0.29, 0.717) is 11.8 Å². The molecule has 0 bridgehead atoms. The molecule has 5 nitrogen and oxygen atoms in total. The second-order valence-electron chi connectivity index (χ2n) is 7.95. The molecule has 1 heterocycles. The molecule has 1 aliphatic heterocycles. The van der Waals surface area contributed by atoms with Crippen LogP contribution in [-0.4, -0.2) is 68.7 Å². The van der Waals surface area contributed by atoms with Crippen molar-refractivity contribution in [2.75, 3.05) is 40.8 Å². The SMILES string of the molecule is CN(C)S(=O)(=O)N(C)[C@H]1C[C@H]2CCN(C/C=C/c3ccc(F)cc3)C[C@H]2C1. The second kappa shape index (κ2) is 8.39. The highest BCUT2D eigenvalue weighted by Crippen LogP contribution is 2.40. The van der Waals surface area contributed by atoms with Crippen LogP contribution < -0.4 is 0 Å². The Morgan fingerprint density at radius 1 is 1.15 bits per heavy atom. The minimum atomic E-state index is -3.35. The molecule has 2 aliphatic rings. The lowest BCUT2D eigenvalue weighted by Crippen LogP contribution is -2.42. The van der Waals surface area contributed by atoms with Gasteiger partial charge in [0, 0.05) is 40.3 Å². The van der Waals surface area contributed by atoms with Crippen molar-refractivity contribution >= 4 is 16.3 Å². The van der Waals surface area contributed by atoms with E-state index in [-0.39, 0.29) is 11.9 Å². The molecule has 0 aromatic heterocycles. The topological polar surface area (TPSA) is 43.9 Å². The predicted octanol–water partition coefficient (Wildman–Crippen LogP) is 2.68. The Hall–Kier alpha value is -1.28. The number of nitrogens with zero attached hydrogens (tertiary/aromatic N) is 3. The summed E-state index contributed by atoms with van der Waals surface area (Å²) in [6.45, 7) is 2.94. The first-order chi connectivity index (χ1) is 12.8. The van der Waals surface area contributed by atoms with Gasteiger partial charge in [-0.1, -0.05) is 24.3 Å². The van der Waals surface area contributed by atoms with Crippen LogP contribution in [0.2, 0.25) is 0 Å². The van der Waals surface area contributed by atoms with E-state index in [9.17, 15) is 12.8 Å². The lowest BCUT2D eigenvalue weighted by Gasteiger charge is -2.34. The van der Waals surface area contributed by atoms with E-state index in [1.54, 1.807) is 37.6 Å². The summed E-state index contributed by atoms with van der Waals surface area (Å²) in [6, 6.07) is 6.60. The lowest BCUT2D eigenvalue weighted by molar-refractivity contribution is 0.151. The molecule has 0 spiro atoms. The monoisotopic (exact) mass is 395 g/mol. The Kier molecular flexibility index (Phi) is 6.35. The van der Waals surface area contributed by atoms with Crippen molar-refractivity contribution in [2.24, 2.45) is 11.8 Å². The third-order valence-electron chi connectivity index (χ3n) is 6.01. The molecule has 1 aromatic rings. The largest absolute Gasteiger partial charge is 0.299 e. The Morgan fingerprint density at radius 2 is 1.81 bits per heavy atom. The number of rotatable bonds is 6. The maximum absolute atomic E-state index is 13.0. The van der Waals surface area contributed by atoms with Crippen molar-refractivity contribution in [3.63, 3.8) is 0 Å². The quantitative estimate of drug-likeness (QED) is 0.744. The van der Waals surface area contributed by atoms with Crippen molar-refractivity contribution in [3.05, 3.63) is 41.7 Å². The molecule has 150 valence electrons. The first kappa shape index (κ1) is 20.5. The molecular formula is C20H30FN3O2S. The fourth-order valence-corrected chi connectivity index (χ4v) is 5.41. The zero-order valence-electron chi connectivity index (χ0n) is 16.4. The van der Waals surface area contributed by atoms with Gasteiger partial charge in [0.25, 0.3) is 10.2 Å². The zero-order valence-corrected chi connectivity index (χ0v) is 17.2. The van der Waals surface area contributed by atoms with Gasteiger partial charge in [-0.3, -0.25) is 4.90 Å². The minimum absolute atomic E-state index is 0.0992. The summed E-state index contributed by atoms with van der Waals surface area (Å²) < 4.78 is 40.6. The molecule has 0 amide bonds. The number of piperidine rings is 1. The van der Waals surface area contributed by atoms with Crippen molar-refractivity contribution in [2.45, 2.75) is 25.3 Å². The number of likely N-dealkylation sites (tertiary alicyclic amines) is 1. The minimum Gasteiger partial charge on any atom is -0.299 e. The normalized spacial score (nSPS) is 27.0. The molecule has 2 fully saturated rings. The molecule has 0 radical (unpaired) electrons. The molecule has 7 heteroatoms. The van der Waals surface area contributed by atoms with E-state index in [0.717, 1.165) is 44.5 Å². The standard InChI is InChI=1S/C20H30FN3O2S/c1-22(2)27(25,26)23(3)20-13-17-10-12-24(15-18(17)14-20)11-4-5-16-6-8-19(21)9-7-16/h4-9,17-18,20H,10-15H2,1-3H3/b5-4+/t17-,18-,20+/m1/s1. The Balaban J connectivity index is 1.53. The molecule has 1 aliphatic carbocycles. The molecule has 1 aromatic carbocycles. The van der Waals surface area contributed by atoms with Crippen LogP contribution in [0.1, 0.15) is 24.8 Å². The van der Waals surface area contributed by atoms with Crippen LogP contribution in [0, 0.1) is 17.7 Å². The van der Waals surface area contributed by atoms with Crippen LogP contribution >= 0.6 is 0 Å². The summed E-state index contributed by atoms with van der Waals surface area (Å²) in [5.74, 6) is 0.959. The summed E-state index contributed by atoms with van der Waals surface area (Å²) in [5.41, 5.74) is 1.00. The third kappa shape index (κ3) is 4.77. The van der Waals surface area contributed by atoms with Gasteiger partial charge in [0.15, 0.2) is 0 Å². The Bertz CT molecular complexity index is 764. The van der Waals surface area contributed by atoms with Gasteiger partial charge in [0.2, 0.25) is 0 Å². The van der Waals surface area contributed by atoms with Gasteiger partial charge in [-0.15, -0.1) is 0 Å². The van der Waals surface area contributed by atoms with Gasteiger partial charge in [-0.2, -0.15) is 17.0 Å². The number of fused-ring (bicyclic) bond motifs is 1. The molecular weight excluding hydrogens is 365 g/mol. The van der Waals surface area contributed by atoms with Gasteiger partial charge in [0.1, 0.15) is 5.82 Å². The van der Waals surface area contributed by atoms with Gasteiger partial charge in [-0.05, 0) is 55.3 Å². The maximum atomic E-state index is 13.0. The summed E-state index contributed by atoms with van der Waals surface area (Å²) in [6.07, 6.45) is 7.18. The first-order valence-electron chi connectivity index (χ1n) is 9.57. The molecule has 3 atom stereocenters. The van der Waals surface area contributed by atoms with Crippen LogP contribution in [-0.2, 0) is 10.2 Å². The van der Waals surface area contributed by atoms with E-state index < -0.39 is 10.2 Å². The van der Waals surface area contributed by atoms with Gasteiger partial charge < -0.3 is 0 Å². The maximum Gasteiger partial charge on any atom is 0.281 e. The van der Waals surface area contributed by atoms with Crippen LogP contribution in [0.25, 0.3) is 6.08 Å². The first-order valence-corrected chi connectivity index (χ1v) is 11.0. The zero-order chi connectivity index (χ0) is 19.6. The summed E-state index contributed by atoms with van der Waals surface area (Å²) >= 11 is 0. The number of hydrogen-bond acceptors (Lipinski definition) is 3. The average Bonchev–Trinajstić information content (AvgIpc) is 3.05. The van der Waals surface area contributed by atoms with Crippen LogP contribution in [0.5, 0.6) is 0 Å². The van der Waals surface area contributed by atoms with E-state index in [1.165, 1.54) is 16.4 Å². The Labute approximate surface area is 162 Å². The number of benzene rings is 1. The van der Waals surface area contributed by atoms with Crippen LogP contribution in [0.3, 0.4) is 0 Å². The fraction of sp³-hybridized carbons (Fsp3) is 0.600. The molecule has 27 heavy (non-hydrogen) atoms. The predicted molar refractivity (Wildman–Crippen MR) is 107 cm³/mol. The van der Waals surface area contributed by atoms with Crippen molar-refractivity contribution in [1.29, 1.82) is 0 Å². The van der Waals surface area contributed by atoms with Crippen molar-refractivity contribution in [3.8, 4) is 0 Å². The van der Waals surface area contributed by atoms with Crippen molar-refractivity contribution < 1.29 is 12.8 Å². The lowest BCUT2D eigenvalue weighted by atomic mass is 9.89. The molecule has 0 N–H and O–H groups in total. The molecule has 0 unspecified atom stereocenters. The average molecular weight is 396 g/mol. The van der Waals surface area contributed by atoms with Crippen LogP contribution in [0.4, 0.5) is 4.39 Å². The summed E-state index contributed by atoms with van der Waals surface area (Å²) in [4.78, 5) is 2.43. The van der Waals surface area contributed by atoms with Gasteiger partial charge in [0.05, 0.1) is 0 Å². The van der Waals surface area contributed by atoms with E-state index in [4.69, 9.17) is 0 Å². The third-order valence-corrected chi connectivity index (χ3v) is 7.96. The highest BCUT2D eigenvalue weighted by atomic mass is 32.2. The fourth-order valence-electron chi connectivity index (χ4n) is 4.35. The summed E-state index contributed by atoms with van der Waals surface area (Å²) in [5, 5.41) is 0. The highest BCUT2D eigenvalue weighted by Gasteiger charge is 2.42. The summed E-state index contributed by atoms with van der Waals surface area (Å²) in [7, 11) is 1.53. The smallest absolute Gasteiger partial charge is 0.281 e. The molecule has 1 saturated carbocycles. The van der Waals surface area contributed by atoms with Gasteiger partial charge in [-0.25, -0.2) is 4.39 Å². The Morgan fingerprint density at radius 3 is 2.48 bits per heavy atom. The van der Waals surface area contributed by atoms with E-state index in [2.05, 4.69) is 11.0 Å². The van der Waals surface area contributed by atoms with E-state index >= 15 is 0 Å². The van der Waals surface area contributed by atoms with Crippen LogP contribution in [0.15, 0.2) is 30.3 Å².